The number of para-hydroxylation sites is 1. The fourth-order valence-corrected chi connectivity index (χ4v) is 2.37. The van der Waals surface area contributed by atoms with Gasteiger partial charge in [0.15, 0.2) is 0 Å². The fraction of sp³-hybridized carbons (Fsp3) is 0.400. The van der Waals surface area contributed by atoms with Gasteiger partial charge in [0.05, 0.1) is 25.0 Å². The average molecular weight is 268 g/mol. The SMILES string of the molecule is N#CCCN(CCC#N)C(=O)[C@@H]1Cc2ccccc2N1. The Morgan fingerprint density at radius 3 is 2.50 bits per heavy atom. The fourth-order valence-electron chi connectivity index (χ4n) is 2.37. The maximum Gasteiger partial charge on any atom is 0.245 e. The lowest BCUT2D eigenvalue weighted by Gasteiger charge is -2.24. The lowest BCUT2D eigenvalue weighted by atomic mass is 10.1. The van der Waals surface area contributed by atoms with Crippen LogP contribution in [-0.2, 0) is 11.2 Å². The summed E-state index contributed by atoms with van der Waals surface area (Å²) in [6, 6.07) is 11.6. The molecule has 1 aromatic carbocycles. The number of anilines is 1. The molecule has 20 heavy (non-hydrogen) atoms. The van der Waals surface area contributed by atoms with Crippen LogP contribution in [0.2, 0.25) is 0 Å². The number of carbonyl (C=O) groups is 1. The van der Waals surface area contributed by atoms with Crippen molar-refractivity contribution in [3.8, 4) is 12.1 Å². The van der Waals surface area contributed by atoms with Crippen LogP contribution >= 0.6 is 0 Å². The van der Waals surface area contributed by atoms with Gasteiger partial charge in [-0.3, -0.25) is 4.79 Å². The number of nitrogens with zero attached hydrogens (tertiary/aromatic N) is 3. The third-order valence-corrected chi connectivity index (χ3v) is 3.37. The number of benzene rings is 1. The number of nitrogens with one attached hydrogen (secondary N) is 1. The zero-order valence-corrected chi connectivity index (χ0v) is 11.2. The Morgan fingerprint density at radius 1 is 1.25 bits per heavy atom. The molecule has 0 spiro atoms. The molecule has 5 heteroatoms. The van der Waals surface area contributed by atoms with Crippen molar-refractivity contribution in [1.82, 2.24) is 4.90 Å². The standard InChI is InChI=1S/C15H16N4O/c16-7-3-9-19(10-4-8-17)15(20)14-11-12-5-1-2-6-13(12)18-14/h1-2,5-6,14,18H,3-4,9-11H2/t14-/m0/s1. The second-order valence-corrected chi connectivity index (χ2v) is 4.70. The summed E-state index contributed by atoms with van der Waals surface area (Å²) in [6.45, 7) is 0.761. The average Bonchev–Trinajstić information content (AvgIpc) is 2.90. The van der Waals surface area contributed by atoms with Crippen molar-refractivity contribution >= 4 is 11.6 Å². The predicted molar refractivity (Wildman–Crippen MR) is 74.6 cm³/mol. The van der Waals surface area contributed by atoms with Crippen molar-refractivity contribution in [3.63, 3.8) is 0 Å². The maximum absolute atomic E-state index is 12.5. The highest BCUT2D eigenvalue weighted by atomic mass is 16.2. The summed E-state index contributed by atoms with van der Waals surface area (Å²) < 4.78 is 0. The summed E-state index contributed by atoms with van der Waals surface area (Å²) in [7, 11) is 0. The molecular formula is C15H16N4O. The molecule has 1 aliphatic heterocycles. The molecule has 102 valence electrons. The van der Waals surface area contributed by atoms with E-state index < -0.39 is 0 Å². The van der Waals surface area contributed by atoms with Crippen molar-refractivity contribution in [1.29, 1.82) is 10.5 Å². The van der Waals surface area contributed by atoms with Gasteiger partial charge in [-0.1, -0.05) is 18.2 Å². The van der Waals surface area contributed by atoms with Crippen molar-refractivity contribution in [2.75, 3.05) is 18.4 Å². The number of rotatable bonds is 5. The van der Waals surface area contributed by atoms with Gasteiger partial charge in [-0.15, -0.1) is 0 Å². The van der Waals surface area contributed by atoms with Gasteiger partial charge in [-0.05, 0) is 11.6 Å². The highest BCUT2D eigenvalue weighted by Gasteiger charge is 2.29. The lowest BCUT2D eigenvalue weighted by molar-refractivity contribution is -0.131. The van der Waals surface area contributed by atoms with Crippen LogP contribution in [0.15, 0.2) is 24.3 Å². The molecule has 1 N–H and O–H groups in total. The Kier molecular flexibility index (Phi) is 4.57. The Balaban J connectivity index is 2.02. The molecule has 2 rings (SSSR count). The molecule has 0 bridgehead atoms. The predicted octanol–water partition coefficient (Wildman–Crippen LogP) is 1.68. The van der Waals surface area contributed by atoms with Gasteiger partial charge >= 0.3 is 0 Å². The zero-order valence-electron chi connectivity index (χ0n) is 11.2. The third-order valence-electron chi connectivity index (χ3n) is 3.37. The van der Waals surface area contributed by atoms with E-state index in [2.05, 4.69) is 5.32 Å². The summed E-state index contributed by atoms with van der Waals surface area (Å²) in [5.41, 5.74) is 2.12. The molecular weight excluding hydrogens is 252 g/mol. The zero-order chi connectivity index (χ0) is 14.4. The largest absolute Gasteiger partial charge is 0.373 e. The lowest BCUT2D eigenvalue weighted by Crippen LogP contribution is -2.43. The Hall–Kier alpha value is -2.53. The number of hydrogen-bond donors (Lipinski definition) is 1. The van der Waals surface area contributed by atoms with Crippen LogP contribution in [0.4, 0.5) is 5.69 Å². The quantitative estimate of drug-likeness (QED) is 0.881. The van der Waals surface area contributed by atoms with Crippen LogP contribution in [0.3, 0.4) is 0 Å². The van der Waals surface area contributed by atoms with Crippen LogP contribution in [0.5, 0.6) is 0 Å². The molecule has 1 amide bonds. The molecule has 1 atom stereocenters. The van der Waals surface area contributed by atoms with Gasteiger partial charge in [0, 0.05) is 25.2 Å². The molecule has 1 aromatic rings. The van der Waals surface area contributed by atoms with E-state index in [-0.39, 0.29) is 24.8 Å². The molecule has 0 saturated heterocycles. The molecule has 0 fully saturated rings. The molecule has 0 unspecified atom stereocenters. The summed E-state index contributed by atoms with van der Waals surface area (Å²) in [5, 5.41) is 20.5. The first-order chi connectivity index (χ1) is 9.76. The second kappa shape index (κ2) is 6.58. The first kappa shape index (κ1) is 13.9. The van der Waals surface area contributed by atoms with Crippen molar-refractivity contribution < 1.29 is 4.79 Å². The van der Waals surface area contributed by atoms with Crippen LogP contribution in [0, 0.1) is 22.7 Å². The number of hydrogen-bond acceptors (Lipinski definition) is 4. The van der Waals surface area contributed by atoms with Crippen LogP contribution in [0.25, 0.3) is 0 Å². The van der Waals surface area contributed by atoms with E-state index in [0.717, 1.165) is 11.3 Å². The highest BCUT2D eigenvalue weighted by molar-refractivity contribution is 5.87. The van der Waals surface area contributed by atoms with Crippen LogP contribution in [-0.4, -0.2) is 29.9 Å². The minimum atomic E-state index is -0.287. The van der Waals surface area contributed by atoms with Gasteiger partial charge < -0.3 is 10.2 Å². The molecule has 0 aliphatic carbocycles. The summed E-state index contributed by atoms with van der Waals surface area (Å²) in [5.74, 6) is -0.0355. The first-order valence-corrected chi connectivity index (χ1v) is 6.63. The van der Waals surface area contributed by atoms with E-state index in [1.807, 2.05) is 36.4 Å². The third kappa shape index (κ3) is 3.07. The smallest absolute Gasteiger partial charge is 0.245 e. The topological polar surface area (TPSA) is 79.9 Å². The van der Waals surface area contributed by atoms with Gasteiger partial charge in [-0.2, -0.15) is 10.5 Å². The van der Waals surface area contributed by atoms with Crippen molar-refractivity contribution in [2.45, 2.75) is 25.3 Å². The van der Waals surface area contributed by atoms with Gasteiger partial charge in [0.25, 0.3) is 0 Å². The Morgan fingerprint density at radius 2 is 1.90 bits per heavy atom. The van der Waals surface area contributed by atoms with Gasteiger partial charge in [0.1, 0.15) is 6.04 Å². The van der Waals surface area contributed by atoms with Gasteiger partial charge in [0.2, 0.25) is 5.91 Å². The number of amides is 1. The van der Waals surface area contributed by atoms with Crippen LogP contribution < -0.4 is 5.32 Å². The van der Waals surface area contributed by atoms with E-state index in [4.69, 9.17) is 10.5 Å². The number of nitriles is 2. The Bertz CT molecular complexity index is 527. The van der Waals surface area contributed by atoms with E-state index in [9.17, 15) is 4.79 Å². The minimum Gasteiger partial charge on any atom is -0.373 e. The summed E-state index contributed by atoms with van der Waals surface area (Å²) >= 11 is 0. The van der Waals surface area contributed by atoms with Gasteiger partial charge in [-0.25, -0.2) is 0 Å². The normalized spacial score (nSPS) is 15.6. The highest BCUT2D eigenvalue weighted by Crippen LogP contribution is 2.26. The molecule has 0 saturated carbocycles. The van der Waals surface area contributed by atoms with E-state index in [1.165, 1.54) is 0 Å². The molecule has 1 heterocycles. The van der Waals surface area contributed by atoms with E-state index >= 15 is 0 Å². The molecule has 0 aromatic heterocycles. The summed E-state index contributed by atoms with van der Waals surface area (Å²) in [6.07, 6.45) is 1.23. The maximum atomic E-state index is 12.5. The van der Waals surface area contributed by atoms with E-state index in [0.29, 0.717) is 19.5 Å². The monoisotopic (exact) mass is 268 g/mol. The molecule has 0 radical (unpaired) electrons. The summed E-state index contributed by atoms with van der Waals surface area (Å²) in [4.78, 5) is 14.1. The number of fused-ring (bicyclic) bond motifs is 1. The van der Waals surface area contributed by atoms with Crippen LogP contribution in [0.1, 0.15) is 18.4 Å². The molecule has 5 nitrogen and oxygen atoms in total. The second-order valence-electron chi connectivity index (χ2n) is 4.70. The molecule has 1 aliphatic rings. The van der Waals surface area contributed by atoms with Crippen molar-refractivity contribution in [3.05, 3.63) is 29.8 Å². The minimum absolute atomic E-state index is 0.0355. The Labute approximate surface area is 118 Å². The first-order valence-electron chi connectivity index (χ1n) is 6.63. The van der Waals surface area contributed by atoms with Crippen molar-refractivity contribution in [2.24, 2.45) is 0 Å². The number of carbonyl (C=O) groups excluding carboxylic acids is 1. The van der Waals surface area contributed by atoms with E-state index in [1.54, 1.807) is 4.90 Å².